The van der Waals surface area contributed by atoms with Crippen LogP contribution >= 0.6 is 0 Å². The molecular weight excluding hydrogens is 296 g/mol. The van der Waals surface area contributed by atoms with E-state index in [1.807, 2.05) is 6.07 Å². The highest BCUT2D eigenvalue weighted by atomic mass is 16.5. The number of rotatable bonds is 4. The third-order valence-corrected chi connectivity index (χ3v) is 2.89. The van der Waals surface area contributed by atoms with Crippen molar-refractivity contribution >= 4 is 11.8 Å². The summed E-state index contributed by atoms with van der Waals surface area (Å²) in [5.74, 6) is -0.533. The molecule has 1 unspecified atom stereocenters. The molecule has 1 aromatic heterocycles. The average Bonchev–Trinajstić information content (AvgIpc) is 2.60. The van der Waals surface area contributed by atoms with Crippen LogP contribution in [0, 0.1) is 11.3 Å². The number of hydrogen-bond donors (Lipinski definition) is 2. The van der Waals surface area contributed by atoms with Crippen molar-refractivity contribution < 1.29 is 14.3 Å². The number of nitriles is 1. The molecule has 0 bridgehead atoms. The third kappa shape index (κ3) is 4.54. The number of aromatic nitrogens is 1. The Bertz CT molecular complexity index is 723. The van der Waals surface area contributed by atoms with Crippen molar-refractivity contribution in [2.45, 2.75) is 13.0 Å². The second kappa shape index (κ2) is 7.56. The van der Waals surface area contributed by atoms with Crippen LogP contribution in [0.1, 0.15) is 22.8 Å². The number of hydrazine groups is 1. The normalized spacial score (nSPS) is 11.0. The summed E-state index contributed by atoms with van der Waals surface area (Å²) in [6.45, 7) is 1.55. The zero-order valence-corrected chi connectivity index (χ0v) is 12.3. The van der Waals surface area contributed by atoms with Gasteiger partial charge >= 0.3 is 0 Å². The first-order valence-electron chi connectivity index (χ1n) is 6.77. The number of amides is 2. The molecule has 1 aromatic carbocycles. The van der Waals surface area contributed by atoms with Crippen LogP contribution in [-0.2, 0) is 4.79 Å². The highest BCUT2D eigenvalue weighted by Crippen LogP contribution is 2.13. The van der Waals surface area contributed by atoms with E-state index in [2.05, 4.69) is 15.8 Å². The van der Waals surface area contributed by atoms with Crippen LogP contribution in [0.2, 0.25) is 0 Å². The smallest absolute Gasteiger partial charge is 0.279 e. The van der Waals surface area contributed by atoms with E-state index in [9.17, 15) is 9.59 Å². The Labute approximate surface area is 132 Å². The van der Waals surface area contributed by atoms with Crippen LogP contribution in [-0.4, -0.2) is 22.9 Å². The van der Waals surface area contributed by atoms with Crippen LogP contribution in [0.4, 0.5) is 0 Å². The number of carbonyl (C=O) groups excluding carboxylic acids is 2. The molecule has 1 atom stereocenters. The van der Waals surface area contributed by atoms with E-state index in [0.29, 0.717) is 16.9 Å². The van der Waals surface area contributed by atoms with Crippen LogP contribution in [0.3, 0.4) is 0 Å². The molecule has 0 aliphatic carbocycles. The fraction of sp³-hybridized carbons (Fsp3) is 0.125. The predicted molar refractivity (Wildman–Crippen MR) is 81.1 cm³/mol. The van der Waals surface area contributed by atoms with Crippen molar-refractivity contribution in [3.8, 4) is 11.8 Å². The maximum Gasteiger partial charge on any atom is 0.279 e. The van der Waals surface area contributed by atoms with Gasteiger partial charge in [-0.15, -0.1) is 0 Å². The molecule has 0 spiro atoms. The van der Waals surface area contributed by atoms with E-state index in [4.69, 9.17) is 10.00 Å². The van der Waals surface area contributed by atoms with Crippen molar-refractivity contribution in [3.63, 3.8) is 0 Å². The van der Waals surface area contributed by atoms with Crippen LogP contribution < -0.4 is 15.6 Å². The van der Waals surface area contributed by atoms with E-state index in [0.717, 1.165) is 0 Å². The summed E-state index contributed by atoms with van der Waals surface area (Å²) in [6, 6.07) is 11.5. The van der Waals surface area contributed by atoms with E-state index in [1.165, 1.54) is 6.20 Å². The molecule has 0 aliphatic rings. The topological polar surface area (TPSA) is 104 Å². The predicted octanol–water partition coefficient (Wildman–Crippen LogP) is 1.18. The Morgan fingerprint density at radius 1 is 1.22 bits per heavy atom. The van der Waals surface area contributed by atoms with Crippen LogP contribution in [0.25, 0.3) is 0 Å². The minimum absolute atomic E-state index is 0.327. The molecule has 116 valence electrons. The van der Waals surface area contributed by atoms with Crippen molar-refractivity contribution in [1.29, 1.82) is 5.26 Å². The monoisotopic (exact) mass is 310 g/mol. The van der Waals surface area contributed by atoms with Gasteiger partial charge in [-0.05, 0) is 43.3 Å². The maximum atomic E-state index is 11.9. The second-order valence-corrected chi connectivity index (χ2v) is 4.58. The lowest BCUT2D eigenvalue weighted by Crippen LogP contribution is -2.47. The second-order valence-electron chi connectivity index (χ2n) is 4.58. The number of nitrogens with one attached hydrogen (secondary N) is 2. The molecule has 7 heteroatoms. The highest BCUT2D eigenvalue weighted by Gasteiger charge is 2.15. The van der Waals surface area contributed by atoms with Crippen LogP contribution in [0.15, 0.2) is 48.8 Å². The van der Waals surface area contributed by atoms with Gasteiger partial charge in [-0.25, -0.2) is 0 Å². The molecule has 23 heavy (non-hydrogen) atoms. The number of hydrogen-bond acceptors (Lipinski definition) is 5. The van der Waals surface area contributed by atoms with Gasteiger partial charge in [-0.2, -0.15) is 5.26 Å². The molecule has 2 N–H and O–H groups in total. The molecule has 2 aromatic rings. The van der Waals surface area contributed by atoms with Gasteiger partial charge in [0.2, 0.25) is 0 Å². The molecule has 0 radical (unpaired) electrons. The Kier molecular flexibility index (Phi) is 5.25. The SMILES string of the molecule is CC(Oc1ccc(C#N)cc1)C(=O)NNC(=O)c1cccnc1. The van der Waals surface area contributed by atoms with Crippen molar-refractivity contribution in [3.05, 3.63) is 59.9 Å². The van der Waals surface area contributed by atoms with Crippen molar-refractivity contribution in [2.75, 3.05) is 0 Å². The molecule has 1 heterocycles. The number of ether oxygens (including phenoxy) is 1. The van der Waals surface area contributed by atoms with E-state index in [-0.39, 0.29) is 0 Å². The molecule has 0 saturated carbocycles. The highest BCUT2D eigenvalue weighted by molar-refractivity contribution is 5.95. The molecule has 0 saturated heterocycles. The first-order valence-corrected chi connectivity index (χ1v) is 6.77. The van der Waals surface area contributed by atoms with E-state index < -0.39 is 17.9 Å². The molecule has 2 rings (SSSR count). The zero-order chi connectivity index (χ0) is 16.7. The van der Waals surface area contributed by atoms with E-state index >= 15 is 0 Å². The summed E-state index contributed by atoms with van der Waals surface area (Å²) < 4.78 is 5.43. The van der Waals surface area contributed by atoms with Gasteiger partial charge in [0.25, 0.3) is 11.8 Å². The molecular formula is C16H14N4O3. The first kappa shape index (κ1) is 16.0. The maximum absolute atomic E-state index is 11.9. The number of carbonyl (C=O) groups is 2. The van der Waals surface area contributed by atoms with E-state index in [1.54, 1.807) is 49.5 Å². The van der Waals surface area contributed by atoms with Gasteiger partial charge in [0.05, 0.1) is 17.2 Å². The Morgan fingerprint density at radius 2 is 1.96 bits per heavy atom. The lowest BCUT2D eigenvalue weighted by atomic mass is 10.2. The van der Waals surface area contributed by atoms with Gasteiger partial charge in [0.15, 0.2) is 6.10 Å². The number of nitrogens with zero attached hydrogens (tertiary/aromatic N) is 2. The van der Waals surface area contributed by atoms with Gasteiger partial charge in [-0.3, -0.25) is 25.4 Å². The van der Waals surface area contributed by atoms with Crippen molar-refractivity contribution in [2.24, 2.45) is 0 Å². The largest absolute Gasteiger partial charge is 0.481 e. The Hall–Kier alpha value is -3.40. The molecule has 2 amide bonds. The molecule has 7 nitrogen and oxygen atoms in total. The summed E-state index contributed by atoms with van der Waals surface area (Å²) in [7, 11) is 0. The average molecular weight is 310 g/mol. The summed E-state index contributed by atoms with van der Waals surface area (Å²) in [4.78, 5) is 27.5. The Morgan fingerprint density at radius 3 is 2.57 bits per heavy atom. The zero-order valence-electron chi connectivity index (χ0n) is 12.3. The number of pyridine rings is 1. The lowest BCUT2D eigenvalue weighted by molar-refractivity contribution is -0.128. The van der Waals surface area contributed by atoms with Crippen LogP contribution in [0.5, 0.6) is 5.75 Å². The standard InChI is InChI=1S/C16H14N4O3/c1-11(23-14-6-4-12(9-17)5-7-14)15(21)19-20-16(22)13-3-2-8-18-10-13/h2-8,10-11H,1H3,(H,19,21)(H,20,22). The number of benzene rings is 1. The van der Waals surface area contributed by atoms with Gasteiger partial charge < -0.3 is 4.74 Å². The summed E-state index contributed by atoms with van der Waals surface area (Å²) in [5.41, 5.74) is 5.39. The van der Waals surface area contributed by atoms with Gasteiger partial charge in [0.1, 0.15) is 5.75 Å². The molecule has 0 aliphatic heterocycles. The third-order valence-electron chi connectivity index (χ3n) is 2.89. The minimum Gasteiger partial charge on any atom is -0.481 e. The Balaban J connectivity index is 1.85. The minimum atomic E-state index is -0.822. The first-order chi connectivity index (χ1) is 11.1. The lowest BCUT2D eigenvalue weighted by Gasteiger charge is -2.15. The summed E-state index contributed by atoms with van der Waals surface area (Å²) >= 11 is 0. The van der Waals surface area contributed by atoms with Crippen molar-refractivity contribution in [1.82, 2.24) is 15.8 Å². The quantitative estimate of drug-likeness (QED) is 0.825. The fourth-order valence-electron chi connectivity index (χ4n) is 1.65. The fourth-order valence-corrected chi connectivity index (χ4v) is 1.65. The summed E-state index contributed by atoms with van der Waals surface area (Å²) in [6.07, 6.45) is 2.11. The van der Waals surface area contributed by atoms with Gasteiger partial charge in [0, 0.05) is 12.4 Å². The molecule has 0 fully saturated rings. The van der Waals surface area contributed by atoms with Gasteiger partial charge in [-0.1, -0.05) is 0 Å². The summed E-state index contributed by atoms with van der Waals surface area (Å²) in [5, 5.41) is 8.71.